The molecule has 3 N–H and O–H groups in total. The van der Waals surface area contributed by atoms with Crippen LogP contribution in [-0.2, 0) is 65.4 Å². The van der Waals surface area contributed by atoms with Gasteiger partial charge in [0, 0.05) is 25.7 Å². The summed E-state index contributed by atoms with van der Waals surface area (Å²) >= 11 is 0. The van der Waals surface area contributed by atoms with Crippen LogP contribution in [0, 0.1) is 5.92 Å². The van der Waals surface area contributed by atoms with E-state index in [0.717, 1.165) is 96.3 Å². The minimum atomic E-state index is -4.95. The molecule has 0 bridgehead atoms. The Hall–Kier alpha value is -1.94. The molecule has 0 aliphatic rings. The molecule has 0 saturated carbocycles. The normalized spacial score (nSPS) is 14.0. The van der Waals surface area contributed by atoms with E-state index in [1.165, 1.54) is 199 Å². The quantitative estimate of drug-likeness (QED) is 0.0222. The van der Waals surface area contributed by atoms with Gasteiger partial charge >= 0.3 is 39.5 Å². The molecule has 0 aliphatic carbocycles. The second-order valence-corrected chi connectivity index (χ2v) is 29.7. The molecule has 2 unspecified atom stereocenters. The Balaban J connectivity index is 5.25. The van der Waals surface area contributed by atoms with E-state index in [4.69, 9.17) is 37.0 Å². The number of esters is 4. The average molecular weight is 1350 g/mol. The number of carbonyl (C=O) groups is 4. The van der Waals surface area contributed by atoms with Crippen molar-refractivity contribution in [3.63, 3.8) is 0 Å². The molecule has 0 heterocycles. The third-order valence-corrected chi connectivity index (χ3v) is 18.9. The molecule has 5 atom stereocenters. The van der Waals surface area contributed by atoms with Gasteiger partial charge in [0.1, 0.15) is 19.3 Å². The number of phosphoric ester groups is 2. The number of hydrogen-bond acceptors (Lipinski definition) is 15. The molecule has 0 aromatic heterocycles. The van der Waals surface area contributed by atoms with Crippen LogP contribution in [-0.4, -0.2) is 96.7 Å². The molecule has 0 radical (unpaired) electrons. The van der Waals surface area contributed by atoms with Crippen molar-refractivity contribution in [1.82, 2.24) is 0 Å². The van der Waals surface area contributed by atoms with Crippen molar-refractivity contribution in [3.05, 3.63) is 0 Å². The van der Waals surface area contributed by atoms with E-state index in [0.29, 0.717) is 31.6 Å². The molecule has 0 fully saturated rings. The molecular formula is C73H142O17P2. The van der Waals surface area contributed by atoms with Gasteiger partial charge in [-0.25, -0.2) is 9.13 Å². The predicted octanol–water partition coefficient (Wildman–Crippen LogP) is 21.3. The van der Waals surface area contributed by atoms with Crippen LogP contribution in [0.4, 0.5) is 0 Å². The van der Waals surface area contributed by atoms with E-state index in [2.05, 4.69) is 34.6 Å². The van der Waals surface area contributed by atoms with Gasteiger partial charge in [0.15, 0.2) is 12.2 Å². The molecule has 0 aromatic carbocycles. The van der Waals surface area contributed by atoms with E-state index >= 15 is 0 Å². The fourth-order valence-electron chi connectivity index (χ4n) is 11.2. The number of hydrogen-bond donors (Lipinski definition) is 3. The fourth-order valence-corrected chi connectivity index (χ4v) is 12.8. The Morgan fingerprint density at radius 3 is 0.739 bits per heavy atom. The zero-order valence-electron chi connectivity index (χ0n) is 59.7. The third-order valence-electron chi connectivity index (χ3n) is 17.0. The van der Waals surface area contributed by atoms with Crippen LogP contribution in [0.1, 0.15) is 381 Å². The summed E-state index contributed by atoms with van der Waals surface area (Å²) in [5, 5.41) is 10.6. The third kappa shape index (κ3) is 66.7. The highest BCUT2D eigenvalue weighted by molar-refractivity contribution is 7.47. The maximum atomic E-state index is 13.1. The summed E-state index contributed by atoms with van der Waals surface area (Å²) in [4.78, 5) is 72.7. The summed E-state index contributed by atoms with van der Waals surface area (Å²) in [6.07, 6.45) is 54.0. The highest BCUT2D eigenvalue weighted by atomic mass is 31.2. The summed E-state index contributed by atoms with van der Waals surface area (Å²) in [5.41, 5.74) is 0. The number of unbranched alkanes of at least 4 members (excludes halogenated alkanes) is 45. The summed E-state index contributed by atoms with van der Waals surface area (Å²) in [6.45, 7) is 7.23. The number of phosphoric acid groups is 2. The van der Waals surface area contributed by atoms with Crippen molar-refractivity contribution >= 4 is 39.5 Å². The van der Waals surface area contributed by atoms with Crippen molar-refractivity contribution in [1.29, 1.82) is 0 Å². The molecule has 19 heteroatoms. The summed E-state index contributed by atoms with van der Waals surface area (Å²) in [5.74, 6) is -1.41. The number of ether oxygens (including phenoxy) is 4. The van der Waals surface area contributed by atoms with Crippen LogP contribution >= 0.6 is 15.6 Å². The van der Waals surface area contributed by atoms with Crippen molar-refractivity contribution in [2.75, 3.05) is 39.6 Å². The highest BCUT2D eigenvalue weighted by Gasteiger charge is 2.30. The minimum absolute atomic E-state index is 0.107. The number of rotatable bonds is 73. The predicted molar refractivity (Wildman–Crippen MR) is 372 cm³/mol. The lowest BCUT2D eigenvalue weighted by atomic mass is 10.0. The Morgan fingerprint density at radius 2 is 0.500 bits per heavy atom. The molecule has 0 amide bonds. The first kappa shape index (κ1) is 90.1. The molecular weight excluding hydrogens is 1210 g/mol. The van der Waals surface area contributed by atoms with Crippen molar-refractivity contribution < 1.29 is 80.2 Å². The number of aliphatic hydroxyl groups excluding tert-OH is 1. The molecule has 0 saturated heterocycles. The monoisotopic (exact) mass is 1350 g/mol. The van der Waals surface area contributed by atoms with E-state index < -0.39 is 97.5 Å². The first-order chi connectivity index (χ1) is 44.5. The van der Waals surface area contributed by atoms with Crippen LogP contribution in [0.2, 0.25) is 0 Å². The number of aliphatic hydroxyl groups is 1. The first-order valence-corrected chi connectivity index (χ1v) is 41.1. The van der Waals surface area contributed by atoms with E-state index in [-0.39, 0.29) is 25.7 Å². The van der Waals surface area contributed by atoms with Gasteiger partial charge in [-0.2, -0.15) is 0 Å². The van der Waals surface area contributed by atoms with Crippen LogP contribution in [0.25, 0.3) is 0 Å². The lowest BCUT2D eigenvalue weighted by Gasteiger charge is -2.21. The second kappa shape index (κ2) is 66.3. The van der Waals surface area contributed by atoms with Crippen LogP contribution in [0.3, 0.4) is 0 Å². The standard InChI is InChI=1S/C73H142O17P2/c1-6-9-12-15-18-21-24-27-29-32-35-38-43-49-54-59-73(78)89-68(62-83-70(75)56-51-46-41-36-33-31-28-25-22-19-16-13-10-7-2)64-87-91(79,80)85-60-67(74)61-86-92(81,82)88-65-69(63-84-71(76)57-52-47-44-39-40-45-50-55-66(4)5)90-72(77)58-53-48-42-37-34-30-26-23-20-17-14-11-8-3/h66-69,74H,6-65H2,1-5H3,(H,79,80)(H,81,82)/t67-,68-,69-/m1/s1. The van der Waals surface area contributed by atoms with Gasteiger partial charge in [0.05, 0.1) is 26.4 Å². The fraction of sp³-hybridized carbons (Fsp3) is 0.945. The highest BCUT2D eigenvalue weighted by Crippen LogP contribution is 2.45. The number of carbonyl (C=O) groups excluding carboxylic acids is 4. The SMILES string of the molecule is CCCCCCCCCCCCCCCCCC(=O)O[C@H](COC(=O)CCCCCCCCCCCCCCCC)COP(=O)(O)OC[C@@H](O)COP(=O)(O)OC[C@@H](COC(=O)CCCCCCCCCC(C)C)OC(=O)CCCCCCCCCCCCCCC. The van der Waals surface area contributed by atoms with Crippen LogP contribution in [0.15, 0.2) is 0 Å². The zero-order valence-corrected chi connectivity index (χ0v) is 61.5. The summed E-state index contributed by atoms with van der Waals surface area (Å²) in [7, 11) is -9.90. The van der Waals surface area contributed by atoms with Crippen molar-refractivity contribution in [2.24, 2.45) is 5.92 Å². The minimum Gasteiger partial charge on any atom is -0.462 e. The molecule has 0 rings (SSSR count). The summed E-state index contributed by atoms with van der Waals surface area (Å²) in [6, 6.07) is 0. The Bertz CT molecular complexity index is 1770. The molecule has 0 aromatic rings. The van der Waals surface area contributed by atoms with E-state index in [1.807, 2.05) is 0 Å². The van der Waals surface area contributed by atoms with Gasteiger partial charge in [-0.15, -0.1) is 0 Å². The molecule has 92 heavy (non-hydrogen) atoms. The Kier molecular flexibility index (Phi) is 64.9. The van der Waals surface area contributed by atoms with Gasteiger partial charge in [-0.1, -0.05) is 330 Å². The second-order valence-electron chi connectivity index (χ2n) is 26.8. The lowest BCUT2D eigenvalue weighted by molar-refractivity contribution is -0.161. The van der Waals surface area contributed by atoms with Gasteiger partial charge in [0.25, 0.3) is 0 Å². The Labute approximate surface area is 562 Å². The van der Waals surface area contributed by atoms with E-state index in [9.17, 15) is 43.2 Å². The average Bonchev–Trinajstić information content (AvgIpc) is 1.56. The maximum absolute atomic E-state index is 13.1. The van der Waals surface area contributed by atoms with E-state index in [1.54, 1.807) is 0 Å². The van der Waals surface area contributed by atoms with Gasteiger partial charge in [0.2, 0.25) is 0 Å². The first-order valence-electron chi connectivity index (χ1n) is 38.1. The van der Waals surface area contributed by atoms with Crippen molar-refractivity contribution in [3.8, 4) is 0 Å². The molecule has 17 nitrogen and oxygen atoms in total. The largest absolute Gasteiger partial charge is 0.472 e. The van der Waals surface area contributed by atoms with Gasteiger partial charge in [-0.05, 0) is 31.6 Å². The molecule has 0 spiro atoms. The molecule has 546 valence electrons. The van der Waals surface area contributed by atoms with Gasteiger partial charge < -0.3 is 33.8 Å². The topological polar surface area (TPSA) is 237 Å². The summed E-state index contributed by atoms with van der Waals surface area (Å²) < 4.78 is 68.4. The van der Waals surface area contributed by atoms with Gasteiger partial charge in [-0.3, -0.25) is 37.3 Å². The smallest absolute Gasteiger partial charge is 0.462 e. The van der Waals surface area contributed by atoms with Crippen molar-refractivity contribution in [2.45, 2.75) is 400 Å². The zero-order chi connectivity index (χ0) is 67.7. The van der Waals surface area contributed by atoms with Crippen LogP contribution in [0.5, 0.6) is 0 Å². The Morgan fingerprint density at radius 1 is 0.293 bits per heavy atom. The molecule has 0 aliphatic heterocycles. The lowest BCUT2D eigenvalue weighted by Crippen LogP contribution is -2.30. The maximum Gasteiger partial charge on any atom is 0.472 e. The van der Waals surface area contributed by atoms with Crippen LogP contribution < -0.4 is 0 Å².